The summed E-state index contributed by atoms with van der Waals surface area (Å²) >= 11 is 0. The molecule has 124 valence electrons. The van der Waals surface area contributed by atoms with Crippen molar-refractivity contribution in [2.24, 2.45) is 11.7 Å². The van der Waals surface area contributed by atoms with Gasteiger partial charge in [-0.05, 0) is 30.0 Å². The summed E-state index contributed by atoms with van der Waals surface area (Å²) in [6, 6.07) is 7.81. The minimum absolute atomic E-state index is 0.0300. The summed E-state index contributed by atoms with van der Waals surface area (Å²) in [5, 5.41) is 3.01. The van der Waals surface area contributed by atoms with E-state index in [1.54, 1.807) is 0 Å². The molecule has 0 radical (unpaired) electrons. The van der Waals surface area contributed by atoms with Crippen molar-refractivity contribution in [3.8, 4) is 5.75 Å². The van der Waals surface area contributed by atoms with Crippen molar-refractivity contribution in [3.63, 3.8) is 0 Å². The highest BCUT2D eigenvalue weighted by atomic mass is 16.5. The first-order valence-electron chi connectivity index (χ1n) is 8.26. The van der Waals surface area contributed by atoms with Crippen molar-refractivity contribution in [1.29, 1.82) is 0 Å². The Morgan fingerprint density at radius 3 is 2.50 bits per heavy atom. The van der Waals surface area contributed by atoms with Gasteiger partial charge in [0.1, 0.15) is 5.75 Å². The molecule has 1 atom stereocenters. The fourth-order valence-corrected chi connectivity index (χ4v) is 2.13. The highest BCUT2D eigenvalue weighted by Crippen LogP contribution is 2.13. The zero-order chi connectivity index (χ0) is 16.4. The van der Waals surface area contributed by atoms with Gasteiger partial charge in [0.05, 0.1) is 13.0 Å². The monoisotopic (exact) mass is 306 g/mol. The van der Waals surface area contributed by atoms with Crippen LogP contribution in [-0.4, -0.2) is 25.1 Å². The average molecular weight is 306 g/mol. The Balaban J connectivity index is 2.43. The third kappa shape index (κ3) is 7.46. The number of carbonyl (C=O) groups excluding carboxylic acids is 1. The quantitative estimate of drug-likeness (QED) is 0.698. The van der Waals surface area contributed by atoms with Gasteiger partial charge < -0.3 is 15.8 Å². The molecular weight excluding hydrogens is 276 g/mol. The predicted octanol–water partition coefficient (Wildman–Crippen LogP) is 2.90. The van der Waals surface area contributed by atoms with Gasteiger partial charge in [-0.25, -0.2) is 0 Å². The third-order valence-corrected chi connectivity index (χ3v) is 3.43. The maximum atomic E-state index is 12.0. The molecule has 0 heterocycles. The molecule has 1 aromatic rings. The average Bonchev–Trinajstić information content (AvgIpc) is 2.50. The lowest BCUT2D eigenvalue weighted by molar-refractivity contribution is -0.121. The Bertz CT molecular complexity index is 429. The molecule has 0 aliphatic rings. The molecule has 4 heteroatoms. The molecule has 3 N–H and O–H groups in total. The molecular formula is C18H30N2O2. The maximum absolute atomic E-state index is 12.0. The first-order chi connectivity index (χ1) is 10.5. The molecule has 0 spiro atoms. The summed E-state index contributed by atoms with van der Waals surface area (Å²) < 4.78 is 5.64. The Labute approximate surface area is 134 Å². The Morgan fingerprint density at radius 1 is 1.27 bits per heavy atom. The zero-order valence-electron chi connectivity index (χ0n) is 14.1. The number of unbranched alkanes of at least 4 members (excludes halogenated alkanes) is 1. The largest absolute Gasteiger partial charge is 0.493 e. The van der Waals surface area contributed by atoms with E-state index >= 15 is 0 Å². The molecule has 22 heavy (non-hydrogen) atoms. The lowest BCUT2D eigenvalue weighted by Gasteiger charge is -2.16. The first kappa shape index (κ1) is 18.5. The van der Waals surface area contributed by atoms with E-state index in [-0.39, 0.29) is 11.9 Å². The molecule has 1 unspecified atom stereocenters. The molecule has 0 aliphatic heterocycles. The van der Waals surface area contributed by atoms with Crippen LogP contribution in [0.1, 0.15) is 45.6 Å². The van der Waals surface area contributed by atoms with Gasteiger partial charge in [-0.1, -0.05) is 45.7 Å². The maximum Gasteiger partial charge on any atom is 0.224 e. The summed E-state index contributed by atoms with van der Waals surface area (Å²) in [5.74, 6) is 1.38. The lowest BCUT2D eigenvalue weighted by Crippen LogP contribution is -2.40. The van der Waals surface area contributed by atoms with E-state index in [1.807, 2.05) is 24.3 Å². The summed E-state index contributed by atoms with van der Waals surface area (Å²) in [6.07, 6.45) is 3.53. The van der Waals surface area contributed by atoms with Gasteiger partial charge in [0.25, 0.3) is 0 Å². The van der Waals surface area contributed by atoms with Crippen LogP contribution in [0.25, 0.3) is 0 Å². The fraction of sp³-hybridized carbons (Fsp3) is 0.611. The van der Waals surface area contributed by atoms with E-state index in [1.165, 1.54) is 0 Å². The van der Waals surface area contributed by atoms with Crippen LogP contribution in [0.2, 0.25) is 0 Å². The molecule has 0 aromatic heterocycles. The molecule has 0 saturated heterocycles. The SMILES string of the molecule is CCCCC(CN)NC(=O)Cc1ccc(OCC(C)C)cc1. The minimum atomic E-state index is 0.0300. The summed E-state index contributed by atoms with van der Waals surface area (Å²) in [7, 11) is 0. The summed E-state index contributed by atoms with van der Waals surface area (Å²) in [5.41, 5.74) is 6.69. The molecule has 1 amide bonds. The van der Waals surface area contributed by atoms with Crippen molar-refractivity contribution in [2.45, 2.75) is 52.5 Å². The highest BCUT2D eigenvalue weighted by molar-refractivity contribution is 5.78. The van der Waals surface area contributed by atoms with Crippen LogP contribution < -0.4 is 15.8 Å². The number of nitrogens with one attached hydrogen (secondary N) is 1. The topological polar surface area (TPSA) is 64.3 Å². The Kier molecular flexibility index (Phi) is 8.60. The summed E-state index contributed by atoms with van der Waals surface area (Å²) in [6.45, 7) is 7.57. The van der Waals surface area contributed by atoms with Gasteiger partial charge in [0.15, 0.2) is 0 Å². The summed E-state index contributed by atoms with van der Waals surface area (Å²) in [4.78, 5) is 12.0. The number of carbonyl (C=O) groups is 1. The van der Waals surface area contributed by atoms with E-state index in [9.17, 15) is 4.79 Å². The fourth-order valence-electron chi connectivity index (χ4n) is 2.13. The molecule has 0 aliphatic carbocycles. The molecule has 1 rings (SSSR count). The normalized spacial score (nSPS) is 12.2. The Hall–Kier alpha value is -1.55. The number of benzene rings is 1. The second-order valence-corrected chi connectivity index (χ2v) is 6.17. The Morgan fingerprint density at radius 2 is 1.95 bits per heavy atom. The molecule has 0 bridgehead atoms. The van der Waals surface area contributed by atoms with E-state index in [2.05, 4.69) is 26.1 Å². The zero-order valence-corrected chi connectivity index (χ0v) is 14.1. The van der Waals surface area contributed by atoms with Crippen molar-refractivity contribution in [3.05, 3.63) is 29.8 Å². The standard InChI is InChI=1S/C18H30N2O2/c1-4-5-6-16(12-19)20-18(21)11-15-7-9-17(10-8-15)22-13-14(2)3/h7-10,14,16H,4-6,11-13,19H2,1-3H3,(H,20,21). The first-order valence-corrected chi connectivity index (χ1v) is 8.26. The van der Waals surface area contributed by atoms with Gasteiger partial charge in [0.2, 0.25) is 5.91 Å². The number of ether oxygens (including phenoxy) is 1. The van der Waals surface area contributed by atoms with Crippen LogP contribution in [0, 0.1) is 5.92 Å². The van der Waals surface area contributed by atoms with E-state index in [4.69, 9.17) is 10.5 Å². The highest BCUT2D eigenvalue weighted by Gasteiger charge is 2.10. The van der Waals surface area contributed by atoms with Crippen molar-refractivity contribution < 1.29 is 9.53 Å². The molecule has 0 fully saturated rings. The van der Waals surface area contributed by atoms with Crippen molar-refractivity contribution in [1.82, 2.24) is 5.32 Å². The van der Waals surface area contributed by atoms with Crippen LogP contribution in [0.5, 0.6) is 5.75 Å². The number of hydrogen-bond donors (Lipinski definition) is 2. The minimum Gasteiger partial charge on any atom is -0.493 e. The van der Waals surface area contributed by atoms with Gasteiger partial charge >= 0.3 is 0 Å². The third-order valence-electron chi connectivity index (χ3n) is 3.43. The second-order valence-electron chi connectivity index (χ2n) is 6.17. The predicted molar refractivity (Wildman–Crippen MR) is 91.0 cm³/mol. The van der Waals surface area contributed by atoms with Crippen LogP contribution >= 0.6 is 0 Å². The number of hydrogen-bond acceptors (Lipinski definition) is 3. The number of rotatable bonds is 10. The van der Waals surface area contributed by atoms with E-state index in [0.717, 1.165) is 30.6 Å². The van der Waals surface area contributed by atoms with Crippen LogP contribution in [-0.2, 0) is 11.2 Å². The second kappa shape index (κ2) is 10.2. The van der Waals surface area contributed by atoms with Crippen LogP contribution in [0.15, 0.2) is 24.3 Å². The van der Waals surface area contributed by atoms with Crippen LogP contribution in [0.4, 0.5) is 0 Å². The smallest absolute Gasteiger partial charge is 0.224 e. The molecule has 1 aromatic carbocycles. The van der Waals surface area contributed by atoms with Crippen LogP contribution in [0.3, 0.4) is 0 Å². The van der Waals surface area contributed by atoms with Gasteiger partial charge in [-0.2, -0.15) is 0 Å². The van der Waals surface area contributed by atoms with Gasteiger partial charge in [-0.3, -0.25) is 4.79 Å². The van der Waals surface area contributed by atoms with Crippen molar-refractivity contribution in [2.75, 3.05) is 13.2 Å². The van der Waals surface area contributed by atoms with Gasteiger partial charge in [-0.15, -0.1) is 0 Å². The van der Waals surface area contributed by atoms with Crippen molar-refractivity contribution >= 4 is 5.91 Å². The van der Waals surface area contributed by atoms with E-state index < -0.39 is 0 Å². The van der Waals surface area contributed by atoms with E-state index in [0.29, 0.717) is 25.5 Å². The van der Waals surface area contributed by atoms with Gasteiger partial charge in [0, 0.05) is 12.6 Å². The lowest BCUT2D eigenvalue weighted by atomic mass is 10.1. The number of amides is 1. The molecule has 4 nitrogen and oxygen atoms in total. The number of nitrogens with two attached hydrogens (primary N) is 1. The molecule has 0 saturated carbocycles.